The number of aliphatic carboxylic acids is 3. The highest BCUT2D eigenvalue weighted by molar-refractivity contribution is 5.85. The number of hydrogen-bond donors (Lipinski definition) is 21. The maximum absolute atomic E-state index is 11.6. The van der Waals surface area contributed by atoms with E-state index in [2.05, 4.69) is 16.0 Å². The van der Waals surface area contributed by atoms with Crippen molar-refractivity contribution in [1.82, 2.24) is 16.0 Å². The molecule has 28 heteroatoms. The smallest absolute Gasteiger partial charge is 0.321 e. The number of rotatable bonds is 24. The van der Waals surface area contributed by atoms with Crippen LogP contribution in [0.2, 0.25) is 0 Å². The second kappa shape index (κ2) is 31.9. The number of carboxylic acids is 3. The van der Waals surface area contributed by atoms with Crippen molar-refractivity contribution in [2.45, 2.75) is 145 Å². The Hall–Kier alpha value is -3.82. The third-order valence-electron chi connectivity index (χ3n) is 8.97. The summed E-state index contributed by atoms with van der Waals surface area (Å²) in [5.74, 6) is -6.42. The molecule has 366 valence electrons. The van der Waals surface area contributed by atoms with Crippen molar-refractivity contribution in [2.24, 2.45) is 23.1 Å². The summed E-state index contributed by atoms with van der Waals surface area (Å²) < 4.78 is 5.07. The van der Waals surface area contributed by atoms with E-state index in [1.165, 1.54) is 0 Å². The van der Waals surface area contributed by atoms with Crippen molar-refractivity contribution >= 4 is 35.6 Å². The van der Waals surface area contributed by atoms with Gasteiger partial charge in [-0.05, 0) is 12.8 Å². The fraction of sp³-hybridized carbons (Fsp3) is 0.824. The normalized spacial score (nSPS) is 23.7. The number of carboxylic acid groups (broad SMARTS) is 3. The predicted octanol–water partition coefficient (Wildman–Crippen LogP) is -9.90. The van der Waals surface area contributed by atoms with Crippen molar-refractivity contribution in [3.05, 3.63) is 0 Å². The van der Waals surface area contributed by atoms with Crippen molar-refractivity contribution < 1.29 is 110 Å². The van der Waals surface area contributed by atoms with Crippen LogP contribution in [0.15, 0.2) is 0 Å². The number of carbonyl (C=O) groups excluding carboxylic acids is 3. The highest BCUT2D eigenvalue weighted by Crippen LogP contribution is 2.24. The van der Waals surface area contributed by atoms with Crippen LogP contribution >= 0.6 is 0 Å². The lowest BCUT2D eigenvalue weighted by atomic mass is 9.89. The number of aliphatic hydroxyl groups is 12. The minimum atomic E-state index is -1.78. The summed E-state index contributed by atoms with van der Waals surface area (Å²) in [5, 5.41) is 145. The van der Waals surface area contributed by atoms with E-state index in [9.17, 15) is 74.7 Å². The zero-order chi connectivity index (χ0) is 47.9. The minimum Gasteiger partial charge on any atom is -0.480 e. The molecule has 0 spiro atoms. The molecular formula is C34H68N6O22. The molecule has 1 aliphatic heterocycles. The van der Waals surface area contributed by atoms with E-state index in [1.807, 2.05) is 0 Å². The number of carbonyl (C=O) groups is 6. The fourth-order valence-corrected chi connectivity index (χ4v) is 4.80. The van der Waals surface area contributed by atoms with E-state index in [0.29, 0.717) is 0 Å². The third-order valence-corrected chi connectivity index (χ3v) is 8.97. The van der Waals surface area contributed by atoms with Gasteiger partial charge in [-0.25, -0.2) is 0 Å². The molecule has 1 aliphatic rings. The molecule has 0 aliphatic carbocycles. The maximum Gasteiger partial charge on any atom is 0.321 e. The van der Waals surface area contributed by atoms with Gasteiger partial charge in [0.15, 0.2) is 6.29 Å². The highest BCUT2D eigenvalue weighted by atomic mass is 16.6. The van der Waals surface area contributed by atoms with Crippen LogP contribution < -0.4 is 33.2 Å². The van der Waals surface area contributed by atoms with Gasteiger partial charge in [-0.2, -0.15) is 0 Å². The van der Waals surface area contributed by atoms with Gasteiger partial charge < -0.3 is 114 Å². The molecule has 1 heterocycles. The first kappa shape index (κ1) is 62.5. The van der Waals surface area contributed by atoms with Crippen LogP contribution in [0.25, 0.3) is 0 Å². The van der Waals surface area contributed by atoms with Gasteiger partial charge in [0.2, 0.25) is 17.7 Å². The first-order valence-corrected chi connectivity index (χ1v) is 18.6. The fourth-order valence-electron chi connectivity index (χ4n) is 4.80. The lowest BCUT2D eigenvalue weighted by Gasteiger charge is -2.41. The zero-order valence-corrected chi connectivity index (χ0v) is 33.4. The van der Waals surface area contributed by atoms with Crippen LogP contribution in [0.5, 0.6) is 0 Å². The number of nitrogens with one attached hydrogen (secondary N) is 3. The number of ether oxygens (including phenoxy) is 1. The van der Waals surface area contributed by atoms with E-state index in [4.69, 9.17) is 52.6 Å². The summed E-state index contributed by atoms with van der Waals surface area (Å²) in [6.45, 7) is 1.18. The van der Waals surface area contributed by atoms with Crippen molar-refractivity contribution in [3.63, 3.8) is 0 Å². The molecule has 0 aromatic rings. The van der Waals surface area contributed by atoms with E-state index in [0.717, 1.165) is 0 Å². The van der Waals surface area contributed by atoms with Crippen LogP contribution in [0.3, 0.4) is 0 Å². The number of nitrogens with two attached hydrogens (primary N) is 3. The quantitative estimate of drug-likeness (QED) is 0.0427. The van der Waals surface area contributed by atoms with E-state index in [-0.39, 0.29) is 33.3 Å². The van der Waals surface area contributed by atoms with Gasteiger partial charge in [0.1, 0.15) is 54.7 Å². The molecule has 0 radical (unpaired) electrons. The van der Waals surface area contributed by atoms with Gasteiger partial charge >= 0.3 is 17.9 Å². The largest absolute Gasteiger partial charge is 0.480 e. The first-order valence-electron chi connectivity index (χ1n) is 18.6. The molecule has 8 unspecified atom stereocenters. The summed E-state index contributed by atoms with van der Waals surface area (Å²) in [5.41, 5.74) is 15.6. The minimum absolute atomic E-state index is 0. The van der Waals surface area contributed by atoms with Crippen molar-refractivity contribution in [3.8, 4) is 0 Å². The lowest BCUT2D eigenvalue weighted by Crippen LogP contribution is -2.61. The molecule has 16 atom stereocenters. The molecule has 0 aromatic heterocycles. The lowest BCUT2D eigenvalue weighted by molar-refractivity contribution is -0.235. The van der Waals surface area contributed by atoms with Crippen molar-refractivity contribution in [1.29, 1.82) is 0 Å². The monoisotopic (exact) mass is 912 g/mol. The second-order valence-electron chi connectivity index (χ2n) is 13.9. The molecule has 1 rings (SSSR count). The summed E-state index contributed by atoms with van der Waals surface area (Å²) >= 11 is 0. The topological polar surface area (TPSA) is 529 Å². The molecular weight excluding hydrogens is 844 g/mol. The van der Waals surface area contributed by atoms with Gasteiger partial charge in [-0.1, -0.05) is 21.3 Å². The maximum atomic E-state index is 11.6. The standard InChI is InChI=1S/C11H22N2O8.C11H20N2O7.C11H22N2O7.CH4/c12-5(11(20)21)1-2-8(17)13-3-6(15)9(18)10(19)7(16)4-14;1-4-6(3-14)20-11(19)8(9(4)16)13-7(15)2-5(12)10(17)18;1-2-6(14)9(17)10(18)7(15)4-13-8(16)3-5(12)11(19)20;/h5-7,9-10,14-16,18-19H,1-4,12H2,(H,13,17)(H,20,21);4-6,8-9,11,14,16,19H,2-3,12H2,1H3,(H,13,15)(H,17,18);5-7,9-10,14-15,17-18H,2-4,12H2,1H3,(H,13,16)(H,19,20);1H4/t5?,6-,7+,9+,10+;;5?,6-,7+,9-,10-;/m0.1./s1. The van der Waals surface area contributed by atoms with Gasteiger partial charge in [0.25, 0.3) is 0 Å². The molecule has 3 amide bonds. The van der Waals surface area contributed by atoms with Gasteiger partial charge in [0, 0.05) is 25.4 Å². The summed E-state index contributed by atoms with van der Waals surface area (Å²) in [7, 11) is 0. The number of amides is 3. The summed E-state index contributed by atoms with van der Waals surface area (Å²) in [6, 6.07) is -5.00. The van der Waals surface area contributed by atoms with Gasteiger partial charge in [-0.3, -0.25) is 28.8 Å². The average molecular weight is 913 g/mol. The Balaban J connectivity index is -0.000000836. The van der Waals surface area contributed by atoms with Gasteiger partial charge in [-0.15, -0.1) is 0 Å². The van der Waals surface area contributed by atoms with Crippen LogP contribution in [0, 0.1) is 5.92 Å². The van der Waals surface area contributed by atoms with Crippen LogP contribution in [-0.2, 0) is 33.5 Å². The van der Waals surface area contributed by atoms with Crippen LogP contribution in [0.4, 0.5) is 0 Å². The Kier molecular flexibility index (Phi) is 32.2. The number of aliphatic hydroxyl groups excluding tert-OH is 12. The molecule has 62 heavy (non-hydrogen) atoms. The summed E-state index contributed by atoms with van der Waals surface area (Å²) in [6.07, 6.45) is -17.1. The summed E-state index contributed by atoms with van der Waals surface area (Å²) in [4.78, 5) is 65.6. The second-order valence-corrected chi connectivity index (χ2v) is 13.9. The Morgan fingerprint density at radius 2 is 1.03 bits per heavy atom. The van der Waals surface area contributed by atoms with Crippen LogP contribution in [-0.4, -0.2) is 230 Å². The Bertz CT molecular complexity index is 1340. The number of hydrogen-bond acceptors (Lipinski definition) is 22. The molecule has 0 bridgehead atoms. The molecule has 0 aromatic carbocycles. The highest BCUT2D eigenvalue weighted by Gasteiger charge is 2.43. The van der Waals surface area contributed by atoms with E-state index in [1.54, 1.807) is 13.8 Å². The molecule has 24 N–H and O–H groups in total. The van der Waals surface area contributed by atoms with Crippen molar-refractivity contribution in [2.75, 3.05) is 26.3 Å². The average Bonchev–Trinajstić information content (AvgIpc) is 3.21. The molecule has 0 saturated carbocycles. The predicted molar refractivity (Wildman–Crippen MR) is 209 cm³/mol. The van der Waals surface area contributed by atoms with Crippen LogP contribution in [0.1, 0.15) is 53.4 Å². The Morgan fingerprint density at radius 3 is 1.44 bits per heavy atom. The van der Waals surface area contributed by atoms with E-state index >= 15 is 0 Å². The third kappa shape index (κ3) is 23.6. The Labute approximate surface area is 355 Å². The first-order chi connectivity index (χ1) is 28.2. The SMILES string of the molecule is C.CC1C(CO)OC(O)C(NC(=O)CC(N)C(=O)O)C1O.CC[C@@H](O)[C@@H](O)[C@H](O)[C@@H](O)CNC(=O)CC(N)C(=O)O.NC(CCC(=O)NC[C@H](O)[C@@H](O)[C@H](O)[C@H](O)CO)C(=O)O. The van der Waals surface area contributed by atoms with Gasteiger partial charge in [0.05, 0.1) is 56.6 Å². The molecule has 28 nitrogen and oxygen atoms in total. The molecule has 1 fully saturated rings. The van der Waals surface area contributed by atoms with E-state index < -0.39 is 166 Å². The molecule has 1 saturated heterocycles. The zero-order valence-electron chi connectivity index (χ0n) is 33.4. The Morgan fingerprint density at radius 1 is 0.629 bits per heavy atom.